The van der Waals surface area contributed by atoms with E-state index < -0.39 is 5.97 Å². The normalized spacial score (nSPS) is 10.3. The van der Waals surface area contributed by atoms with Crippen LogP contribution in [0.4, 0.5) is 0 Å². The van der Waals surface area contributed by atoms with Gasteiger partial charge in [-0.15, -0.1) is 0 Å². The summed E-state index contributed by atoms with van der Waals surface area (Å²) in [5.41, 5.74) is 3.43. The zero-order valence-electron chi connectivity index (χ0n) is 14.5. The number of carboxylic acids is 1. The fourth-order valence-corrected chi connectivity index (χ4v) is 2.60. The Morgan fingerprint density at radius 3 is 2.44 bits per heavy atom. The highest BCUT2D eigenvalue weighted by Crippen LogP contribution is 2.19. The molecule has 2 rings (SSSR count). The first-order valence-electron chi connectivity index (χ1n) is 8.22. The number of amides is 1. The number of hydrogen-bond donors (Lipinski definition) is 2. The van der Waals surface area contributed by atoms with Crippen LogP contribution >= 0.6 is 0 Å². The average molecular weight is 341 g/mol. The highest BCUT2D eigenvalue weighted by Gasteiger charge is 2.06. The van der Waals surface area contributed by atoms with Crippen molar-refractivity contribution in [1.82, 2.24) is 5.32 Å². The van der Waals surface area contributed by atoms with Crippen LogP contribution in [0.2, 0.25) is 0 Å². The lowest BCUT2D eigenvalue weighted by Crippen LogP contribution is -2.26. The van der Waals surface area contributed by atoms with E-state index in [1.54, 1.807) is 31.4 Å². The second kappa shape index (κ2) is 8.87. The lowest BCUT2D eigenvalue weighted by Gasteiger charge is -2.10. The van der Waals surface area contributed by atoms with Crippen molar-refractivity contribution in [3.8, 4) is 5.75 Å². The lowest BCUT2D eigenvalue weighted by atomic mass is 10.1. The van der Waals surface area contributed by atoms with Gasteiger partial charge in [0.25, 0.3) is 0 Å². The second-order valence-corrected chi connectivity index (χ2v) is 5.92. The summed E-state index contributed by atoms with van der Waals surface area (Å²) in [5, 5.41) is 11.8. The van der Waals surface area contributed by atoms with Crippen molar-refractivity contribution in [2.45, 2.75) is 26.2 Å². The number of nitrogens with one attached hydrogen (secondary N) is 1. The molecule has 0 heterocycles. The molecule has 25 heavy (non-hydrogen) atoms. The number of carbonyl (C=O) groups excluding carboxylic acids is 1. The van der Waals surface area contributed by atoms with Crippen molar-refractivity contribution < 1.29 is 19.4 Å². The van der Waals surface area contributed by atoms with Gasteiger partial charge in [0.15, 0.2) is 0 Å². The molecule has 2 aromatic rings. The minimum Gasteiger partial charge on any atom is -0.496 e. The first kappa shape index (κ1) is 18.5. The van der Waals surface area contributed by atoms with Gasteiger partial charge in [0.1, 0.15) is 5.75 Å². The number of benzene rings is 2. The molecule has 1 amide bonds. The number of ether oxygens (including phenoxy) is 1. The molecule has 0 aromatic heterocycles. The maximum Gasteiger partial charge on any atom is 0.335 e. The summed E-state index contributed by atoms with van der Waals surface area (Å²) in [6.07, 6.45) is 1.67. The van der Waals surface area contributed by atoms with Gasteiger partial charge in [0, 0.05) is 13.0 Å². The van der Waals surface area contributed by atoms with Crippen LogP contribution in [0.1, 0.15) is 33.5 Å². The third-order valence-electron chi connectivity index (χ3n) is 3.99. The Labute approximate surface area is 147 Å². The standard InChI is InChI=1S/C20H23NO4/c1-14-3-9-18(25-2)17(13-14)11-12-21-19(22)10-6-15-4-7-16(8-5-15)20(23)24/h3-5,7-9,13H,6,10-12H2,1-2H3,(H,21,22)(H,23,24). The molecule has 5 nitrogen and oxygen atoms in total. The van der Waals surface area contributed by atoms with Gasteiger partial charge in [0.05, 0.1) is 12.7 Å². The van der Waals surface area contributed by atoms with E-state index in [9.17, 15) is 9.59 Å². The number of methoxy groups -OCH3 is 1. The third-order valence-corrected chi connectivity index (χ3v) is 3.99. The van der Waals surface area contributed by atoms with Gasteiger partial charge in [0.2, 0.25) is 5.91 Å². The summed E-state index contributed by atoms with van der Waals surface area (Å²) < 4.78 is 5.34. The Bertz CT molecular complexity index is 738. The van der Waals surface area contributed by atoms with E-state index in [4.69, 9.17) is 9.84 Å². The third kappa shape index (κ3) is 5.64. The monoisotopic (exact) mass is 341 g/mol. The van der Waals surface area contributed by atoms with Gasteiger partial charge >= 0.3 is 5.97 Å². The van der Waals surface area contributed by atoms with Crippen molar-refractivity contribution in [3.63, 3.8) is 0 Å². The molecular weight excluding hydrogens is 318 g/mol. The fraction of sp³-hybridized carbons (Fsp3) is 0.300. The Morgan fingerprint density at radius 1 is 1.08 bits per heavy atom. The molecule has 0 fully saturated rings. The summed E-state index contributed by atoms with van der Waals surface area (Å²) in [6, 6.07) is 12.6. The SMILES string of the molecule is COc1ccc(C)cc1CCNC(=O)CCc1ccc(C(=O)O)cc1. The fourth-order valence-electron chi connectivity index (χ4n) is 2.60. The van der Waals surface area contributed by atoms with Crippen molar-refractivity contribution in [2.75, 3.05) is 13.7 Å². The van der Waals surface area contributed by atoms with E-state index in [0.717, 1.165) is 22.4 Å². The van der Waals surface area contributed by atoms with Gasteiger partial charge < -0.3 is 15.2 Å². The van der Waals surface area contributed by atoms with Gasteiger partial charge in [-0.1, -0.05) is 29.8 Å². The predicted molar refractivity (Wildman–Crippen MR) is 96.2 cm³/mol. The molecule has 132 valence electrons. The van der Waals surface area contributed by atoms with Gasteiger partial charge in [-0.05, 0) is 49.1 Å². The minimum atomic E-state index is -0.948. The molecular formula is C20H23NO4. The molecule has 0 aliphatic heterocycles. The number of carbonyl (C=O) groups is 2. The molecule has 0 bridgehead atoms. The van der Waals surface area contributed by atoms with E-state index in [0.29, 0.717) is 25.8 Å². The number of aromatic carboxylic acids is 1. The van der Waals surface area contributed by atoms with E-state index in [-0.39, 0.29) is 11.5 Å². The Balaban J connectivity index is 1.77. The number of hydrogen-bond acceptors (Lipinski definition) is 3. The van der Waals surface area contributed by atoms with Crippen LogP contribution in [0, 0.1) is 6.92 Å². The highest BCUT2D eigenvalue weighted by molar-refractivity contribution is 5.87. The van der Waals surface area contributed by atoms with Crippen molar-refractivity contribution >= 4 is 11.9 Å². The smallest absolute Gasteiger partial charge is 0.335 e. The van der Waals surface area contributed by atoms with Gasteiger partial charge in [-0.2, -0.15) is 0 Å². The van der Waals surface area contributed by atoms with E-state index >= 15 is 0 Å². The lowest BCUT2D eigenvalue weighted by molar-refractivity contribution is -0.121. The van der Waals surface area contributed by atoms with Crippen molar-refractivity contribution in [3.05, 3.63) is 64.7 Å². The van der Waals surface area contributed by atoms with E-state index in [2.05, 4.69) is 11.4 Å². The van der Waals surface area contributed by atoms with Crippen molar-refractivity contribution in [1.29, 1.82) is 0 Å². The zero-order valence-corrected chi connectivity index (χ0v) is 14.5. The minimum absolute atomic E-state index is 0.0195. The molecule has 0 aliphatic rings. The van der Waals surface area contributed by atoms with Crippen LogP contribution in [0.3, 0.4) is 0 Å². The van der Waals surface area contributed by atoms with Gasteiger partial charge in [-0.3, -0.25) is 4.79 Å². The highest BCUT2D eigenvalue weighted by atomic mass is 16.5. The summed E-state index contributed by atoms with van der Waals surface area (Å²) in [4.78, 5) is 22.8. The first-order chi connectivity index (χ1) is 12.0. The summed E-state index contributed by atoms with van der Waals surface area (Å²) in [5.74, 6) is -0.136. The quantitative estimate of drug-likeness (QED) is 0.774. The molecule has 0 aliphatic carbocycles. The molecule has 2 N–H and O–H groups in total. The Kier molecular flexibility index (Phi) is 6.57. The van der Waals surface area contributed by atoms with E-state index in [1.165, 1.54) is 0 Å². The number of aryl methyl sites for hydroxylation is 2. The summed E-state index contributed by atoms with van der Waals surface area (Å²) in [7, 11) is 1.64. The van der Waals surface area contributed by atoms with Gasteiger partial charge in [-0.25, -0.2) is 4.79 Å². The molecule has 5 heteroatoms. The first-order valence-corrected chi connectivity index (χ1v) is 8.22. The van der Waals surface area contributed by atoms with Crippen LogP contribution in [0.5, 0.6) is 5.75 Å². The topological polar surface area (TPSA) is 75.6 Å². The maximum atomic E-state index is 12.0. The molecule has 0 atom stereocenters. The largest absolute Gasteiger partial charge is 0.496 e. The zero-order chi connectivity index (χ0) is 18.2. The number of rotatable bonds is 8. The molecule has 0 saturated carbocycles. The molecule has 0 unspecified atom stereocenters. The van der Waals surface area contributed by atoms with Crippen LogP contribution in [0.25, 0.3) is 0 Å². The Morgan fingerprint density at radius 2 is 1.80 bits per heavy atom. The molecule has 0 spiro atoms. The van der Waals surface area contributed by atoms with Crippen LogP contribution in [-0.4, -0.2) is 30.6 Å². The summed E-state index contributed by atoms with van der Waals surface area (Å²) >= 11 is 0. The molecule has 0 saturated heterocycles. The van der Waals surface area contributed by atoms with Crippen LogP contribution < -0.4 is 10.1 Å². The second-order valence-electron chi connectivity index (χ2n) is 5.92. The molecule has 2 aromatic carbocycles. The number of carboxylic acid groups (broad SMARTS) is 1. The maximum absolute atomic E-state index is 12.0. The van der Waals surface area contributed by atoms with Crippen molar-refractivity contribution in [2.24, 2.45) is 0 Å². The summed E-state index contributed by atoms with van der Waals surface area (Å²) in [6.45, 7) is 2.58. The van der Waals surface area contributed by atoms with E-state index in [1.807, 2.05) is 19.1 Å². The predicted octanol–water partition coefficient (Wildman–Crippen LogP) is 2.99. The Hall–Kier alpha value is -2.82. The van der Waals surface area contributed by atoms with Crippen LogP contribution in [0.15, 0.2) is 42.5 Å². The molecule has 0 radical (unpaired) electrons. The van der Waals surface area contributed by atoms with Crippen LogP contribution in [-0.2, 0) is 17.6 Å². The average Bonchev–Trinajstić information content (AvgIpc) is 2.60.